The Labute approximate surface area is 140 Å². The maximum Gasteiger partial charge on any atom is 0.272 e. The van der Waals surface area contributed by atoms with E-state index in [1.807, 2.05) is 0 Å². The van der Waals surface area contributed by atoms with Gasteiger partial charge in [-0.15, -0.1) is 0 Å². The summed E-state index contributed by atoms with van der Waals surface area (Å²) in [7, 11) is 0. The summed E-state index contributed by atoms with van der Waals surface area (Å²) >= 11 is 0. The molecule has 1 N–H and O–H groups in total. The quantitative estimate of drug-likeness (QED) is 0.794. The van der Waals surface area contributed by atoms with Crippen molar-refractivity contribution in [2.24, 2.45) is 0 Å². The van der Waals surface area contributed by atoms with Crippen LogP contribution in [0.4, 0.5) is 8.78 Å². The van der Waals surface area contributed by atoms with Gasteiger partial charge in [-0.1, -0.05) is 0 Å². The van der Waals surface area contributed by atoms with E-state index in [0.717, 1.165) is 25.0 Å². The summed E-state index contributed by atoms with van der Waals surface area (Å²) in [4.78, 5) is 16.6. The first-order valence-electron chi connectivity index (χ1n) is 7.62. The molecule has 8 heteroatoms. The Morgan fingerprint density at radius 3 is 2.84 bits per heavy atom. The second-order valence-electron chi connectivity index (χ2n) is 5.78. The lowest BCUT2D eigenvalue weighted by Crippen LogP contribution is -2.26. The van der Waals surface area contributed by atoms with E-state index in [-0.39, 0.29) is 28.5 Å². The smallest absolute Gasteiger partial charge is 0.272 e. The number of carbonyl (C=O) groups excluding carboxylic acids is 1. The number of hydrogen-bond acceptors (Lipinski definition) is 4. The number of nitriles is 1. The summed E-state index contributed by atoms with van der Waals surface area (Å²) in [6.45, 7) is 0. The third-order valence-electron chi connectivity index (χ3n) is 3.97. The zero-order valence-electron chi connectivity index (χ0n) is 12.8. The lowest BCUT2D eigenvalue weighted by Gasteiger charge is -2.06. The fourth-order valence-corrected chi connectivity index (χ4v) is 2.60. The highest BCUT2D eigenvalue weighted by atomic mass is 19.1. The molecule has 1 aromatic carbocycles. The summed E-state index contributed by atoms with van der Waals surface area (Å²) in [6.07, 6.45) is 4.80. The third kappa shape index (κ3) is 2.59. The normalized spacial score (nSPS) is 13.6. The van der Waals surface area contributed by atoms with Crippen LogP contribution in [0.1, 0.15) is 28.9 Å². The molecule has 1 aliphatic rings. The second-order valence-corrected chi connectivity index (χ2v) is 5.78. The van der Waals surface area contributed by atoms with Gasteiger partial charge in [0.05, 0.1) is 11.1 Å². The van der Waals surface area contributed by atoms with Crippen molar-refractivity contribution in [3.05, 3.63) is 53.5 Å². The highest BCUT2D eigenvalue weighted by Gasteiger charge is 2.29. The molecule has 1 aliphatic carbocycles. The molecular formula is C17H11F2N5O. The Kier molecular flexibility index (Phi) is 3.42. The van der Waals surface area contributed by atoms with Crippen molar-refractivity contribution in [2.45, 2.75) is 18.9 Å². The molecule has 0 atom stereocenters. The number of benzene rings is 1. The van der Waals surface area contributed by atoms with Crippen molar-refractivity contribution in [2.75, 3.05) is 0 Å². The molecule has 0 saturated heterocycles. The molecule has 1 saturated carbocycles. The number of fused-ring (bicyclic) bond motifs is 1. The van der Waals surface area contributed by atoms with Gasteiger partial charge in [-0.3, -0.25) is 4.79 Å². The van der Waals surface area contributed by atoms with Crippen molar-refractivity contribution in [3.63, 3.8) is 0 Å². The lowest BCUT2D eigenvalue weighted by molar-refractivity contribution is 0.0946. The Morgan fingerprint density at radius 1 is 1.32 bits per heavy atom. The highest BCUT2D eigenvalue weighted by Crippen LogP contribution is 2.32. The number of amides is 1. The monoisotopic (exact) mass is 339 g/mol. The van der Waals surface area contributed by atoms with Crippen molar-refractivity contribution in [1.29, 1.82) is 5.26 Å². The number of rotatable bonds is 3. The van der Waals surface area contributed by atoms with Crippen LogP contribution in [0.15, 0.2) is 30.6 Å². The average Bonchev–Trinajstić information content (AvgIpc) is 3.33. The van der Waals surface area contributed by atoms with E-state index in [9.17, 15) is 13.6 Å². The van der Waals surface area contributed by atoms with Gasteiger partial charge < -0.3 is 5.32 Å². The van der Waals surface area contributed by atoms with E-state index in [0.29, 0.717) is 0 Å². The molecule has 0 radical (unpaired) electrons. The molecule has 6 nitrogen and oxygen atoms in total. The first kappa shape index (κ1) is 15.2. The lowest BCUT2D eigenvalue weighted by atomic mass is 10.0. The van der Waals surface area contributed by atoms with E-state index < -0.39 is 23.1 Å². The fourth-order valence-electron chi connectivity index (χ4n) is 2.60. The molecule has 0 spiro atoms. The van der Waals surface area contributed by atoms with Crippen LogP contribution in [0.2, 0.25) is 0 Å². The summed E-state index contributed by atoms with van der Waals surface area (Å²) in [5, 5.41) is 15.8. The second kappa shape index (κ2) is 5.63. The van der Waals surface area contributed by atoms with Crippen molar-refractivity contribution in [3.8, 4) is 17.2 Å². The first-order valence-corrected chi connectivity index (χ1v) is 7.62. The molecule has 1 fully saturated rings. The van der Waals surface area contributed by atoms with Crippen LogP contribution in [0, 0.1) is 23.0 Å². The molecule has 3 aromatic rings. The van der Waals surface area contributed by atoms with Crippen molar-refractivity contribution in [1.82, 2.24) is 19.9 Å². The summed E-state index contributed by atoms with van der Waals surface area (Å²) < 4.78 is 29.9. The highest BCUT2D eigenvalue weighted by molar-refractivity contribution is 6.03. The SMILES string of the molecule is N#Cc1cc(F)c(-c2c(C(=O)NC3CC3)nn3cccnc23)cc1F. The minimum absolute atomic E-state index is 0.0337. The number of hydrogen-bond donors (Lipinski definition) is 1. The minimum Gasteiger partial charge on any atom is -0.348 e. The topological polar surface area (TPSA) is 83.1 Å². The van der Waals surface area contributed by atoms with Gasteiger partial charge >= 0.3 is 0 Å². The Hall–Kier alpha value is -3.34. The standard InChI is InChI=1S/C17H11F2N5O/c18-12-7-11(13(19)6-9(12)8-20)14-15(17(25)22-10-2-3-10)23-24-5-1-4-21-16(14)24/h1,4-7,10H,2-3H2,(H,22,25). The molecule has 0 aliphatic heterocycles. The third-order valence-corrected chi connectivity index (χ3v) is 3.97. The van der Waals surface area contributed by atoms with Gasteiger partial charge in [0.2, 0.25) is 0 Å². The molecule has 2 heterocycles. The van der Waals surface area contributed by atoms with Gasteiger partial charge in [0.25, 0.3) is 5.91 Å². The number of aromatic nitrogens is 3. The predicted molar refractivity (Wildman–Crippen MR) is 83.5 cm³/mol. The van der Waals surface area contributed by atoms with Crippen LogP contribution in [-0.2, 0) is 0 Å². The van der Waals surface area contributed by atoms with Crippen LogP contribution in [0.5, 0.6) is 0 Å². The molecule has 4 rings (SSSR count). The number of halogens is 2. The largest absolute Gasteiger partial charge is 0.348 e. The van der Waals surface area contributed by atoms with E-state index in [1.54, 1.807) is 18.3 Å². The van der Waals surface area contributed by atoms with Gasteiger partial charge in [0, 0.05) is 24.0 Å². The van der Waals surface area contributed by atoms with Gasteiger partial charge in [-0.05, 0) is 31.0 Å². The number of nitrogens with one attached hydrogen (secondary N) is 1. The zero-order valence-corrected chi connectivity index (χ0v) is 12.8. The van der Waals surface area contributed by atoms with Gasteiger partial charge in [-0.2, -0.15) is 10.4 Å². The first-order chi connectivity index (χ1) is 12.1. The zero-order chi connectivity index (χ0) is 17.6. The van der Waals surface area contributed by atoms with E-state index in [2.05, 4.69) is 15.4 Å². The van der Waals surface area contributed by atoms with Crippen LogP contribution in [0.3, 0.4) is 0 Å². The molecule has 124 valence electrons. The summed E-state index contributed by atoms with van der Waals surface area (Å²) in [6, 6.07) is 4.99. The number of carbonyl (C=O) groups is 1. The summed E-state index contributed by atoms with van der Waals surface area (Å²) in [5.74, 6) is -2.16. The van der Waals surface area contributed by atoms with Crippen LogP contribution >= 0.6 is 0 Å². The van der Waals surface area contributed by atoms with Gasteiger partial charge in [-0.25, -0.2) is 18.3 Å². The molecule has 0 bridgehead atoms. The van der Waals surface area contributed by atoms with E-state index in [4.69, 9.17) is 5.26 Å². The Balaban J connectivity index is 1.95. The van der Waals surface area contributed by atoms with Gasteiger partial charge in [0.15, 0.2) is 11.3 Å². The fraction of sp³-hybridized carbons (Fsp3) is 0.176. The average molecular weight is 339 g/mol. The molecule has 25 heavy (non-hydrogen) atoms. The maximum atomic E-state index is 14.5. The molecular weight excluding hydrogens is 328 g/mol. The van der Waals surface area contributed by atoms with Crippen LogP contribution < -0.4 is 5.32 Å². The predicted octanol–water partition coefficient (Wildman–Crippen LogP) is 2.44. The summed E-state index contributed by atoms with van der Waals surface area (Å²) in [5.41, 5.74) is -0.277. The maximum absolute atomic E-state index is 14.5. The molecule has 2 aromatic heterocycles. The molecule has 1 amide bonds. The molecule has 0 unspecified atom stereocenters. The van der Waals surface area contributed by atoms with E-state index >= 15 is 0 Å². The van der Waals surface area contributed by atoms with Crippen molar-refractivity contribution >= 4 is 11.6 Å². The Bertz CT molecular complexity index is 1050. The van der Waals surface area contributed by atoms with Crippen molar-refractivity contribution < 1.29 is 13.6 Å². The van der Waals surface area contributed by atoms with E-state index in [1.165, 1.54) is 10.7 Å². The minimum atomic E-state index is -0.872. The number of nitrogens with zero attached hydrogens (tertiary/aromatic N) is 4. The Morgan fingerprint density at radius 2 is 2.12 bits per heavy atom. The van der Waals surface area contributed by atoms with Crippen LogP contribution in [-0.4, -0.2) is 26.5 Å². The van der Waals surface area contributed by atoms with Crippen LogP contribution in [0.25, 0.3) is 16.8 Å². The van der Waals surface area contributed by atoms with Gasteiger partial charge in [0.1, 0.15) is 17.7 Å².